The molecule has 3 aromatic rings. The smallest absolute Gasteiger partial charge is 0.388 e. The normalized spacial score (nSPS) is 14.5. The molecule has 2 heterocycles. The lowest BCUT2D eigenvalue weighted by Crippen LogP contribution is -2.26. The quantitative estimate of drug-likeness (QED) is 0.570. The first-order valence-electron chi connectivity index (χ1n) is 9.24. The Morgan fingerprint density at radius 1 is 1.00 bits per heavy atom. The van der Waals surface area contributed by atoms with Gasteiger partial charge in [-0.25, -0.2) is 4.39 Å². The number of likely N-dealkylation sites (N-methyl/N-ethyl adjacent to an activating group) is 1. The van der Waals surface area contributed by atoms with E-state index in [-0.39, 0.29) is 17.1 Å². The molecule has 9 heteroatoms. The van der Waals surface area contributed by atoms with Gasteiger partial charge in [-0.05, 0) is 49.5 Å². The van der Waals surface area contributed by atoms with Gasteiger partial charge in [-0.2, -0.15) is 8.78 Å². The van der Waals surface area contributed by atoms with Gasteiger partial charge in [-0.3, -0.25) is 0 Å². The number of halogens is 4. The van der Waals surface area contributed by atoms with E-state index in [0.717, 1.165) is 17.9 Å². The molecule has 0 fully saturated rings. The van der Waals surface area contributed by atoms with Gasteiger partial charge in [0, 0.05) is 53.2 Å². The molecule has 156 valence electrons. The number of anilines is 2. The Morgan fingerprint density at radius 3 is 2.43 bits per heavy atom. The number of hydrogen-bond acceptors (Lipinski definition) is 5. The summed E-state index contributed by atoms with van der Waals surface area (Å²) >= 11 is 6.01. The third-order valence-electron chi connectivity index (χ3n) is 4.91. The lowest BCUT2D eigenvalue weighted by Gasteiger charge is -2.25. The minimum atomic E-state index is -3.00. The van der Waals surface area contributed by atoms with E-state index in [1.54, 1.807) is 18.2 Å². The van der Waals surface area contributed by atoms with Gasteiger partial charge in [0.2, 0.25) is 5.88 Å². The van der Waals surface area contributed by atoms with Crippen molar-refractivity contribution in [3.05, 3.63) is 64.9 Å². The summed E-state index contributed by atoms with van der Waals surface area (Å²) in [6.45, 7) is -1.16. The highest BCUT2D eigenvalue weighted by Gasteiger charge is 2.24. The highest BCUT2D eigenvalue weighted by atomic mass is 35.5. The monoisotopic (exact) mass is 434 g/mol. The Labute approximate surface area is 176 Å². The molecule has 1 aromatic heterocycles. The Bertz CT molecular complexity index is 1030. The van der Waals surface area contributed by atoms with E-state index in [2.05, 4.69) is 14.9 Å². The minimum absolute atomic E-state index is 0.238. The second-order valence-electron chi connectivity index (χ2n) is 6.93. The topological polar surface area (TPSA) is 41.5 Å². The van der Waals surface area contributed by atoms with E-state index in [1.165, 1.54) is 12.1 Å². The SMILES string of the molecule is CN1CCN(c2ccc(Cl)cc2)c2ccc(-c3ccc(OC(F)F)nn3)c(F)c2C1. The second-order valence-corrected chi connectivity index (χ2v) is 7.36. The first-order valence-corrected chi connectivity index (χ1v) is 9.62. The Kier molecular flexibility index (Phi) is 5.78. The van der Waals surface area contributed by atoms with E-state index >= 15 is 4.39 Å². The number of ether oxygens (including phenoxy) is 1. The molecule has 2 aromatic carbocycles. The number of rotatable bonds is 4. The van der Waals surface area contributed by atoms with Crippen LogP contribution in [0.25, 0.3) is 11.3 Å². The molecule has 0 bridgehead atoms. The number of alkyl halides is 2. The van der Waals surface area contributed by atoms with Gasteiger partial charge in [0.05, 0.1) is 5.69 Å². The third-order valence-corrected chi connectivity index (χ3v) is 5.16. The molecule has 0 radical (unpaired) electrons. The predicted molar refractivity (Wildman–Crippen MR) is 109 cm³/mol. The van der Waals surface area contributed by atoms with Crippen LogP contribution in [0.2, 0.25) is 5.02 Å². The summed E-state index contributed by atoms with van der Waals surface area (Å²) in [6, 6.07) is 13.5. The lowest BCUT2D eigenvalue weighted by molar-refractivity contribution is -0.0534. The molecule has 30 heavy (non-hydrogen) atoms. The zero-order valence-electron chi connectivity index (χ0n) is 16.0. The molecule has 0 spiro atoms. The van der Waals surface area contributed by atoms with E-state index in [0.29, 0.717) is 23.7 Å². The van der Waals surface area contributed by atoms with Gasteiger partial charge < -0.3 is 14.5 Å². The fourth-order valence-corrected chi connectivity index (χ4v) is 3.59. The standard InChI is InChI=1S/C21H18ClF3N4O/c1-28-10-11-29(14-4-2-13(22)3-5-14)18-8-6-15(20(23)16(18)12-28)17-7-9-19(27-26-17)30-21(24)25/h2-9,21H,10-12H2,1H3. The maximum Gasteiger partial charge on any atom is 0.388 e. The van der Waals surface area contributed by atoms with E-state index < -0.39 is 12.4 Å². The average Bonchev–Trinajstić information content (AvgIpc) is 2.89. The molecule has 0 unspecified atom stereocenters. The van der Waals surface area contributed by atoms with E-state index in [9.17, 15) is 8.78 Å². The summed E-state index contributed by atoms with van der Waals surface area (Å²) < 4.78 is 44.4. The first kappa shape index (κ1) is 20.4. The lowest BCUT2D eigenvalue weighted by atomic mass is 10.0. The summed E-state index contributed by atoms with van der Waals surface area (Å²) in [6.07, 6.45) is 0. The first-order chi connectivity index (χ1) is 14.4. The molecule has 0 atom stereocenters. The van der Waals surface area contributed by atoms with Crippen molar-refractivity contribution < 1.29 is 17.9 Å². The van der Waals surface area contributed by atoms with Crippen LogP contribution in [0, 0.1) is 5.82 Å². The fourth-order valence-electron chi connectivity index (χ4n) is 3.46. The van der Waals surface area contributed by atoms with Crippen LogP contribution in [0.4, 0.5) is 24.5 Å². The molecule has 1 aliphatic rings. The summed E-state index contributed by atoms with van der Waals surface area (Å²) in [5.74, 6) is -0.741. The van der Waals surface area contributed by atoms with Crippen LogP contribution in [0.1, 0.15) is 5.56 Å². The number of nitrogens with zero attached hydrogens (tertiary/aromatic N) is 4. The molecule has 5 nitrogen and oxygen atoms in total. The van der Waals surface area contributed by atoms with Crippen LogP contribution >= 0.6 is 11.6 Å². The molecule has 0 aliphatic carbocycles. The molecular weight excluding hydrogens is 417 g/mol. The van der Waals surface area contributed by atoms with Crippen molar-refractivity contribution in [1.82, 2.24) is 15.1 Å². The van der Waals surface area contributed by atoms with Gasteiger partial charge >= 0.3 is 6.61 Å². The molecular formula is C21H18ClF3N4O. The van der Waals surface area contributed by atoms with Crippen molar-refractivity contribution in [2.45, 2.75) is 13.2 Å². The highest BCUT2D eigenvalue weighted by Crippen LogP contribution is 2.37. The van der Waals surface area contributed by atoms with E-state index in [1.807, 2.05) is 35.0 Å². The van der Waals surface area contributed by atoms with Crippen LogP contribution in [-0.2, 0) is 6.54 Å². The van der Waals surface area contributed by atoms with Crippen LogP contribution < -0.4 is 9.64 Å². The Hall–Kier alpha value is -2.84. The number of aromatic nitrogens is 2. The van der Waals surface area contributed by atoms with Crippen molar-refractivity contribution in [3.63, 3.8) is 0 Å². The van der Waals surface area contributed by atoms with Gasteiger partial charge in [-0.1, -0.05) is 11.6 Å². The zero-order valence-corrected chi connectivity index (χ0v) is 16.8. The van der Waals surface area contributed by atoms with Gasteiger partial charge in [0.25, 0.3) is 0 Å². The third kappa shape index (κ3) is 4.20. The summed E-state index contributed by atoms with van der Waals surface area (Å²) in [5, 5.41) is 8.08. The van der Waals surface area contributed by atoms with Crippen molar-refractivity contribution in [1.29, 1.82) is 0 Å². The summed E-state index contributed by atoms with van der Waals surface area (Å²) in [7, 11) is 1.93. The molecule has 0 saturated heterocycles. The van der Waals surface area contributed by atoms with Gasteiger partial charge in [0.1, 0.15) is 5.82 Å². The van der Waals surface area contributed by atoms with Gasteiger partial charge in [-0.15, -0.1) is 10.2 Å². The molecule has 0 N–H and O–H groups in total. The maximum atomic E-state index is 15.6. The van der Waals surface area contributed by atoms with Crippen molar-refractivity contribution in [2.24, 2.45) is 0 Å². The highest BCUT2D eigenvalue weighted by molar-refractivity contribution is 6.30. The number of hydrogen-bond donors (Lipinski definition) is 0. The van der Waals surface area contributed by atoms with E-state index in [4.69, 9.17) is 11.6 Å². The summed E-state index contributed by atoms with van der Waals surface area (Å²) in [4.78, 5) is 4.08. The molecule has 0 amide bonds. The van der Waals surface area contributed by atoms with Gasteiger partial charge in [0.15, 0.2) is 0 Å². The molecule has 4 rings (SSSR count). The Morgan fingerprint density at radius 2 is 1.77 bits per heavy atom. The van der Waals surface area contributed by atoms with Crippen molar-refractivity contribution in [2.75, 3.05) is 25.0 Å². The van der Waals surface area contributed by atoms with Crippen LogP contribution in [0.3, 0.4) is 0 Å². The van der Waals surface area contributed by atoms with Crippen molar-refractivity contribution >= 4 is 23.0 Å². The average molecular weight is 435 g/mol. The van der Waals surface area contributed by atoms with Crippen molar-refractivity contribution in [3.8, 4) is 17.1 Å². The predicted octanol–water partition coefficient (Wildman–Crippen LogP) is 5.12. The molecule has 1 aliphatic heterocycles. The largest absolute Gasteiger partial charge is 0.415 e. The number of benzene rings is 2. The maximum absolute atomic E-state index is 15.6. The van der Waals surface area contributed by atoms with Crippen LogP contribution in [-0.4, -0.2) is 41.8 Å². The minimum Gasteiger partial charge on any atom is -0.415 e. The zero-order chi connectivity index (χ0) is 21.3. The summed E-state index contributed by atoms with van der Waals surface area (Å²) in [5.41, 5.74) is 2.68. The Balaban J connectivity index is 1.74. The second kappa shape index (κ2) is 8.49. The number of fused-ring (bicyclic) bond motifs is 1. The molecule has 0 saturated carbocycles. The van der Waals surface area contributed by atoms with Crippen LogP contribution in [0.15, 0.2) is 48.5 Å². The van der Waals surface area contributed by atoms with Crippen LogP contribution in [0.5, 0.6) is 5.88 Å². The fraction of sp³-hybridized carbons (Fsp3) is 0.238.